The van der Waals surface area contributed by atoms with Crippen molar-refractivity contribution < 1.29 is 18.7 Å². The number of amidine groups is 1. The van der Waals surface area contributed by atoms with E-state index in [4.69, 9.17) is 32.7 Å². The minimum absolute atomic E-state index is 0.0573. The highest BCUT2D eigenvalue weighted by molar-refractivity contribution is 8.18. The summed E-state index contributed by atoms with van der Waals surface area (Å²) in [5, 5.41) is 1.46. The Hall–Kier alpha value is -3.00. The van der Waals surface area contributed by atoms with Gasteiger partial charge in [0.1, 0.15) is 18.1 Å². The van der Waals surface area contributed by atoms with Crippen LogP contribution in [0.4, 0.5) is 10.1 Å². The molecule has 3 aromatic rings. The second kappa shape index (κ2) is 12.5. The second-order valence-corrected chi connectivity index (χ2v) is 11.2. The predicted molar refractivity (Wildman–Crippen MR) is 157 cm³/mol. The largest absolute Gasteiger partial charge is 0.493 e. The summed E-state index contributed by atoms with van der Waals surface area (Å²) < 4.78 is 25.9. The molecule has 3 aromatic carbocycles. The Bertz CT molecular complexity index is 1440. The molecule has 0 unspecified atom stereocenters. The van der Waals surface area contributed by atoms with Crippen molar-refractivity contribution in [2.24, 2.45) is 4.99 Å². The molecule has 39 heavy (non-hydrogen) atoms. The van der Waals surface area contributed by atoms with Crippen LogP contribution in [0.1, 0.15) is 43.2 Å². The molecule has 1 aliphatic heterocycles. The fourth-order valence-electron chi connectivity index (χ4n) is 4.71. The summed E-state index contributed by atoms with van der Waals surface area (Å²) in [6.45, 7) is 0.286. The van der Waals surface area contributed by atoms with Gasteiger partial charge in [-0.15, -0.1) is 0 Å². The topological polar surface area (TPSA) is 51.1 Å². The van der Waals surface area contributed by atoms with Crippen molar-refractivity contribution in [1.29, 1.82) is 0 Å². The molecule has 2 aliphatic rings. The fourth-order valence-corrected chi connectivity index (χ4v) is 6.08. The van der Waals surface area contributed by atoms with Crippen molar-refractivity contribution in [3.05, 3.63) is 92.6 Å². The Kier molecular flexibility index (Phi) is 8.80. The number of carbonyl (C=O) groups excluding carboxylic acids is 1. The van der Waals surface area contributed by atoms with Gasteiger partial charge in [-0.3, -0.25) is 9.69 Å². The minimum atomic E-state index is -0.416. The van der Waals surface area contributed by atoms with Crippen LogP contribution >= 0.6 is 35.0 Å². The van der Waals surface area contributed by atoms with Crippen molar-refractivity contribution in [2.45, 2.75) is 44.8 Å². The molecule has 0 radical (unpaired) electrons. The molecular formula is C30H27Cl2FN2O3S. The molecule has 5 rings (SSSR count). The fraction of sp³-hybridized carbons (Fsp3) is 0.267. The van der Waals surface area contributed by atoms with Gasteiger partial charge in [0.15, 0.2) is 16.7 Å². The Balaban J connectivity index is 1.40. The van der Waals surface area contributed by atoms with Crippen molar-refractivity contribution >= 4 is 57.8 Å². The maximum Gasteiger partial charge on any atom is 0.267 e. The summed E-state index contributed by atoms with van der Waals surface area (Å²) in [5.74, 6) is 0.562. The van der Waals surface area contributed by atoms with E-state index in [9.17, 15) is 9.18 Å². The second-order valence-electron chi connectivity index (χ2n) is 9.37. The summed E-state index contributed by atoms with van der Waals surface area (Å²) in [4.78, 5) is 20.5. The summed E-state index contributed by atoms with van der Waals surface area (Å²) in [7, 11) is 1.57. The molecule has 1 amide bonds. The first kappa shape index (κ1) is 27.6. The summed E-state index contributed by atoms with van der Waals surface area (Å²) in [5.41, 5.74) is 1.87. The number of rotatable bonds is 7. The van der Waals surface area contributed by atoms with Gasteiger partial charge in [-0.25, -0.2) is 9.38 Å². The van der Waals surface area contributed by atoms with Crippen molar-refractivity contribution in [1.82, 2.24) is 4.90 Å². The first-order valence-corrected chi connectivity index (χ1v) is 14.3. The van der Waals surface area contributed by atoms with Crippen LogP contribution in [0.3, 0.4) is 0 Å². The first-order chi connectivity index (χ1) is 18.9. The van der Waals surface area contributed by atoms with Crippen LogP contribution in [-0.2, 0) is 11.4 Å². The molecule has 0 N–H and O–H groups in total. The molecule has 1 heterocycles. The highest BCUT2D eigenvalue weighted by Crippen LogP contribution is 2.39. The van der Waals surface area contributed by atoms with E-state index in [1.807, 2.05) is 24.3 Å². The molecule has 5 nitrogen and oxygen atoms in total. The highest BCUT2D eigenvalue weighted by Gasteiger charge is 2.38. The maximum atomic E-state index is 14.4. The summed E-state index contributed by atoms with van der Waals surface area (Å²) in [6.07, 6.45) is 6.92. The molecule has 0 bridgehead atoms. The van der Waals surface area contributed by atoms with E-state index < -0.39 is 5.82 Å². The number of aliphatic imine (C=N–C) groups is 1. The lowest BCUT2D eigenvalue weighted by atomic mass is 9.94. The molecular weight excluding hydrogens is 558 g/mol. The van der Waals surface area contributed by atoms with Crippen LogP contribution < -0.4 is 9.47 Å². The normalized spacial score (nSPS) is 18.3. The highest BCUT2D eigenvalue weighted by atomic mass is 35.5. The van der Waals surface area contributed by atoms with Gasteiger partial charge in [0.2, 0.25) is 0 Å². The third-order valence-electron chi connectivity index (χ3n) is 6.71. The number of ether oxygens (including phenoxy) is 2. The molecule has 0 spiro atoms. The Morgan fingerprint density at radius 2 is 1.82 bits per heavy atom. The van der Waals surface area contributed by atoms with E-state index in [1.54, 1.807) is 48.4 Å². The quantitative estimate of drug-likeness (QED) is 0.261. The average molecular weight is 586 g/mol. The van der Waals surface area contributed by atoms with Crippen molar-refractivity contribution in [3.8, 4) is 11.5 Å². The number of thioether (sulfide) groups is 1. The number of benzene rings is 3. The minimum Gasteiger partial charge on any atom is -0.493 e. The smallest absolute Gasteiger partial charge is 0.267 e. The SMILES string of the molecule is COc1cc(/C=C2\SC(=Nc3ccccc3F)N(C3CCCCC3)C2=O)ccc1OCc1ccc(Cl)c(Cl)c1. The third-order valence-corrected chi connectivity index (χ3v) is 8.43. The van der Waals surface area contributed by atoms with E-state index in [0.717, 1.165) is 43.2 Å². The third kappa shape index (κ3) is 6.43. The first-order valence-electron chi connectivity index (χ1n) is 12.7. The van der Waals surface area contributed by atoms with Gasteiger partial charge in [-0.05, 0) is 78.2 Å². The van der Waals surface area contributed by atoms with Crippen LogP contribution in [-0.4, -0.2) is 29.1 Å². The summed E-state index contributed by atoms with van der Waals surface area (Å²) in [6, 6.07) is 17.2. The molecule has 0 atom stereocenters. The van der Waals surface area contributed by atoms with Crippen LogP contribution in [0.2, 0.25) is 10.0 Å². The molecule has 0 aromatic heterocycles. The number of methoxy groups -OCH3 is 1. The zero-order chi connectivity index (χ0) is 27.4. The number of nitrogens with zero attached hydrogens (tertiary/aromatic N) is 2. The number of para-hydroxylation sites is 1. The Labute approximate surface area is 241 Å². The van der Waals surface area contributed by atoms with Crippen molar-refractivity contribution in [3.63, 3.8) is 0 Å². The number of hydrogen-bond donors (Lipinski definition) is 0. The van der Waals surface area contributed by atoms with Gasteiger partial charge < -0.3 is 9.47 Å². The predicted octanol–water partition coefficient (Wildman–Crippen LogP) is 8.66. The van der Waals surface area contributed by atoms with Gasteiger partial charge in [0.05, 0.1) is 22.1 Å². The molecule has 202 valence electrons. The van der Waals surface area contributed by atoms with E-state index in [0.29, 0.717) is 31.6 Å². The Morgan fingerprint density at radius 3 is 2.56 bits per heavy atom. The van der Waals surface area contributed by atoms with Crippen molar-refractivity contribution in [2.75, 3.05) is 7.11 Å². The van der Waals surface area contributed by atoms with Gasteiger partial charge in [0, 0.05) is 6.04 Å². The maximum absolute atomic E-state index is 14.4. The van der Waals surface area contributed by atoms with Gasteiger partial charge in [-0.1, -0.05) is 66.7 Å². The number of carbonyl (C=O) groups is 1. The molecule has 1 saturated heterocycles. The summed E-state index contributed by atoms with van der Waals surface area (Å²) >= 11 is 13.4. The molecule has 9 heteroatoms. The number of halogens is 3. The van der Waals surface area contributed by atoms with Gasteiger partial charge in [0.25, 0.3) is 5.91 Å². The van der Waals surface area contributed by atoms with E-state index in [-0.39, 0.29) is 24.2 Å². The van der Waals surface area contributed by atoms with Crippen LogP contribution in [0, 0.1) is 5.82 Å². The zero-order valence-corrected chi connectivity index (χ0v) is 23.7. The van der Waals surface area contributed by atoms with Gasteiger partial charge in [-0.2, -0.15) is 0 Å². The Morgan fingerprint density at radius 1 is 1.03 bits per heavy atom. The molecule has 1 aliphatic carbocycles. The lowest BCUT2D eigenvalue weighted by molar-refractivity contribution is -0.124. The number of hydrogen-bond acceptors (Lipinski definition) is 5. The zero-order valence-electron chi connectivity index (χ0n) is 21.3. The lowest BCUT2D eigenvalue weighted by Gasteiger charge is -2.30. The number of amides is 1. The van der Waals surface area contributed by atoms with Crippen LogP contribution in [0.5, 0.6) is 11.5 Å². The van der Waals surface area contributed by atoms with Crippen LogP contribution in [0.15, 0.2) is 70.6 Å². The van der Waals surface area contributed by atoms with E-state index >= 15 is 0 Å². The van der Waals surface area contributed by atoms with Crippen LogP contribution in [0.25, 0.3) is 6.08 Å². The molecule has 1 saturated carbocycles. The molecule has 2 fully saturated rings. The van der Waals surface area contributed by atoms with Gasteiger partial charge >= 0.3 is 0 Å². The average Bonchev–Trinajstić information content (AvgIpc) is 3.25. The standard InChI is InChI=1S/C30H27Cl2FN2O3S/c1-37-27-16-19(12-14-26(27)38-18-20-11-13-22(31)23(32)15-20)17-28-29(36)35(21-7-3-2-4-8-21)30(39-28)34-25-10-6-5-9-24(25)33/h5-6,9-17,21H,2-4,7-8,18H2,1H3/b28-17-,34-30?. The lowest BCUT2D eigenvalue weighted by Crippen LogP contribution is -2.40. The monoisotopic (exact) mass is 584 g/mol. The van der Waals surface area contributed by atoms with E-state index in [1.165, 1.54) is 17.8 Å². The van der Waals surface area contributed by atoms with E-state index in [2.05, 4.69) is 4.99 Å².